The third kappa shape index (κ3) is 7.64. The number of ether oxygens (including phenoxy) is 1. The van der Waals surface area contributed by atoms with Crippen LogP contribution >= 0.6 is 0 Å². The maximum Gasteiger partial charge on any atom is 0.394 e. The fourth-order valence-corrected chi connectivity index (χ4v) is 1.36. The minimum atomic E-state index is -4.92. The van der Waals surface area contributed by atoms with Crippen LogP contribution in [-0.2, 0) is 4.74 Å². The van der Waals surface area contributed by atoms with Gasteiger partial charge < -0.3 is 14.9 Å². The summed E-state index contributed by atoms with van der Waals surface area (Å²) in [5, 5.41) is 18.1. The SMILES string of the molecule is CCC(CO)(CO)COCCC(F)(F)CC(F)(F)F. The van der Waals surface area contributed by atoms with Crippen LogP contribution in [0.5, 0.6) is 0 Å². The first-order valence-corrected chi connectivity index (χ1v) is 5.84. The van der Waals surface area contributed by atoms with Crippen LogP contribution < -0.4 is 0 Å². The summed E-state index contributed by atoms with van der Waals surface area (Å²) in [4.78, 5) is 0. The summed E-state index contributed by atoms with van der Waals surface area (Å²) in [6.07, 6.45) is -7.79. The lowest BCUT2D eigenvalue weighted by Crippen LogP contribution is -2.35. The average Bonchev–Trinajstić information content (AvgIpc) is 2.27. The number of rotatable bonds is 9. The molecular formula is C11H19F5O3. The highest BCUT2D eigenvalue weighted by Gasteiger charge is 2.43. The molecule has 0 aromatic heterocycles. The van der Waals surface area contributed by atoms with Crippen molar-refractivity contribution in [2.75, 3.05) is 26.4 Å². The molecule has 0 radical (unpaired) electrons. The molecule has 0 aromatic rings. The quantitative estimate of drug-likeness (QED) is 0.507. The van der Waals surface area contributed by atoms with Crippen molar-refractivity contribution in [3.63, 3.8) is 0 Å². The van der Waals surface area contributed by atoms with E-state index in [9.17, 15) is 22.0 Å². The third-order valence-electron chi connectivity index (χ3n) is 2.90. The smallest absolute Gasteiger partial charge is 0.394 e. The van der Waals surface area contributed by atoms with Crippen molar-refractivity contribution in [1.82, 2.24) is 0 Å². The zero-order valence-electron chi connectivity index (χ0n) is 10.6. The molecule has 0 bridgehead atoms. The fourth-order valence-electron chi connectivity index (χ4n) is 1.36. The number of aliphatic hydroxyl groups excluding tert-OH is 2. The first kappa shape index (κ1) is 18.5. The van der Waals surface area contributed by atoms with Crippen LogP contribution in [0, 0.1) is 5.41 Å². The van der Waals surface area contributed by atoms with Gasteiger partial charge in [-0.3, -0.25) is 0 Å². The van der Waals surface area contributed by atoms with E-state index in [1.54, 1.807) is 6.92 Å². The van der Waals surface area contributed by atoms with Crippen molar-refractivity contribution < 1.29 is 36.9 Å². The number of hydrogen-bond acceptors (Lipinski definition) is 3. The molecule has 0 aliphatic heterocycles. The molecule has 8 heteroatoms. The first-order valence-electron chi connectivity index (χ1n) is 5.84. The number of aliphatic hydroxyl groups is 2. The van der Waals surface area contributed by atoms with E-state index in [2.05, 4.69) is 0 Å². The maximum atomic E-state index is 12.9. The highest BCUT2D eigenvalue weighted by atomic mass is 19.4. The van der Waals surface area contributed by atoms with Gasteiger partial charge in [-0.25, -0.2) is 8.78 Å². The lowest BCUT2D eigenvalue weighted by atomic mass is 9.88. The number of alkyl halides is 5. The maximum absolute atomic E-state index is 12.9. The van der Waals surface area contributed by atoms with Gasteiger partial charge in [0.15, 0.2) is 0 Å². The molecule has 0 aromatic carbocycles. The monoisotopic (exact) mass is 294 g/mol. The summed E-state index contributed by atoms with van der Waals surface area (Å²) in [7, 11) is 0. The van der Waals surface area contributed by atoms with Gasteiger partial charge in [0.1, 0.15) is 6.42 Å². The van der Waals surface area contributed by atoms with Crippen LogP contribution in [-0.4, -0.2) is 48.7 Å². The van der Waals surface area contributed by atoms with Gasteiger partial charge in [0.2, 0.25) is 0 Å². The highest BCUT2D eigenvalue weighted by Crippen LogP contribution is 2.33. The predicted octanol–water partition coefficient (Wildman–Crippen LogP) is 2.36. The fraction of sp³-hybridized carbons (Fsp3) is 1.00. The Morgan fingerprint density at radius 2 is 1.53 bits per heavy atom. The highest BCUT2D eigenvalue weighted by molar-refractivity contribution is 4.76. The summed E-state index contributed by atoms with van der Waals surface area (Å²) in [6, 6.07) is 0. The Kier molecular flexibility index (Phi) is 7.17. The molecule has 0 amide bonds. The standard InChI is InChI=1S/C11H19F5O3/c1-2-9(6-17,7-18)8-19-4-3-10(12,13)5-11(14,15)16/h17-18H,2-8H2,1H3. The lowest BCUT2D eigenvalue weighted by molar-refractivity contribution is -0.192. The predicted molar refractivity (Wildman–Crippen MR) is 58.0 cm³/mol. The molecule has 0 heterocycles. The van der Waals surface area contributed by atoms with Crippen molar-refractivity contribution >= 4 is 0 Å². The van der Waals surface area contributed by atoms with Gasteiger partial charge in [0.25, 0.3) is 5.92 Å². The molecule has 3 nitrogen and oxygen atoms in total. The summed E-state index contributed by atoms with van der Waals surface area (Å²) in [6.45, 7) is 0.148. The number of halogens is 5. The average molecular weight is 294 g/mol. The molecule has 0 unspecified atom stereocenters. The van der Waals surface area contributed by atoms with Gasteiger partial charge in [0.05, 0.1) is 26.4 Å². The van der Waals surface area contributed by atoms with Gasteiger partial charge in [0, 0.05) is 11.8 Å². The largest absolute Gasteiger partial charge is 0.396 e. The Morgan fingerprint density at radius 3 is 1.89 bits per heavy atom. The van der Waals surface area contributed by atoms with E-state index in [0.29, 0.717) is 6.42 Å². The number of hydrogen-bond donors (Lipinski definition) is 2. The lowest BCUT2D eigenvalue weighted by Gasteiger charge is -2.28. The molecule has 0 aliphatic rings. The molecular weight excluding hydrogens is 275 g/mol. The second kappa shape index (κ2) is 7.35. The zero-order chi connectivity index (χ0) is 15.2. The molecule has 0 saturated heterocycles. The molecule has 0 rings (SSSR count). The Balaban J connectivity index is 4.09. The van der Waals surface area contributed by atoms with E-state index >= 15 is 0 Å². The van der Waals surface area contributed by atoms with Crippen LogP contribution in [0.2, 0.25) is 0 Å². The van der Waals surface area contributed by atoms with Crippen LogP contribution in [0.4, 0.5) is 22.0 Å². The van der Waals surface area contributed by atoms with E-state index in [-0.39, 0.29) is 19.8 Å². The van der Waals surface area contributed by atoms with Crippen LogP contribution in [0.15, 0.2) is 0 Å². The molecule has 0 aliphatic carbocycles. The summed E-state index contributed by atoms with van der Waals surface area (Å²) in [5.41, 5.74) is -0.945. The minimum absolute atomic E-state index is 0.182. The third-order valence-corrected chi connectivity index (χ3v) is 2.90. The molecule has 116 valence electrons. The Hall–Kier alpha value is -0.470. The van der Waals surface area contributed by atoms with Crippen molar-refractivity contribution in [3.8, 4) is 0 Å². The van der Waals surface area contributed by atoms with E-state index in [1.165, 1.54) is 0 Å². The van der Waals surface area contributed by atoms with Crippen LogP contribution in [0.3, 0.4) is 0 Å². The van der Waals surface area contributed by atoms with Gasteiger partial charge in [-0.05, 0) is 6.42 Å². The van der Waals surface area contributed by atoms with E-state index in [4.69, 9.17) is 14.9 Å². The summed E-state index contributed by atoms with van der Waals surface area (Å²) in [5.74, 6) is -3.87. The normalized spacial score (nSPS) is 13.9. The van der Waals surface area contributed by atoms with Gasteiger partial charge in [-0.15, -0.1) is 0 Å². The van der Waals surface area contributed by atoms with Crippen molar-refractivity contribution in [3.05, 3.63) is 0 Å². The second-order valence-corrected chi connectivity index (χ2v) is 4.62. The molecule has 19 heavy (non-hydrogen) atoms. The Labute approximate surface area is 108 Å². The van der Waals surface area contributed by atoms with Crippen molar-refractivity contribution in [2.24, 2.45) is 5.41 Å². The molecule has 0 saturated carbocycles. The van der Waals surface area contributed by atoms with Crippen molar-refractivity contribution in [2.45, 2.75) is 38.3 Å². The van der Waals surface area contributed by atoms with Gasteiger partial charge >= 0.3 is 6.18 Å². The molecule has 0 spiro atoms. The summed E-state index contributed by atoms with van der Waals surface area (Å²) >= 11 is 0. The summed E-state index contributed by atoms with van der Waals surface area (Å²) < 4.78 is 66.1. The van der Waals surface area contributed by atoms with Gasteiger partial charge in [-0.1, -0.05) is 6.92 Å². The topological polar surface area (TPSA) is 49.7 Å². The Bertz CT molecular complexity index is 243. The van der Waals surface area contributed by atoms with Crippen molar-refractivity contribution in [1.29, 1.82) is 0 Å². The second-order valence-electron chi connectivity index (χ2n) is 4.62. The van der Waals surface area contributed by atoms with E-state index < -0.39 is 37.0 Å². The zero-order valence-corrected chi connectivity index (χ0v) is 10.6. The first-order chi connectivity index (χ1) is 8.60. The molecule has 2 N–H and O–H groups in total. The van der Waals surface area contributed by atoms with Gasteiger partial charge in [-0.2, -0.15) is 13.2 Å². The van der Waals surface area contributed by atoms with Crippen LogP contribution in [0.25, 0.3) is 0 Å². The van der Waals surface area contributed by atoms with E-state index in [1.807, 2.05) is 0 Å². The van der Waals surface area contributed by atoms with E-state index in [0.717, 1.165) is 0 Å². The van der Waals surface area contributed by atoms with Crippen LogP contribution in [0.1, 0.15) is 26.2 Å². The molecule has 0 fully saturated rings. The molecule has 0 atom stereocenters. The minimum Gasteiger partial charge on any atom is -0.396 e. The Morgan fingerprint density at radius 1 is 1.00 bits per heavy atom.